The molecule has 0 spiro atoms. The number of halogens is 1. The first kappa shape index (κ1) is 10.7. The van der Waals surface area contributed by atoms with Crippen LogP contribution in [0.2, 0.25) is 0 Å². The number of aryl methyl sites for hydroxylation is 1. The Labute approximate surface area is 83.6 Å². The predicted octanol–water partition coefficient (Wildman–Crippen LogP) is 1.95. The van der Waals surface area contributed by atoms with E-state index in [1.54, 1.807) is 12.1 Å². The number of hydrogen-bond donors (Lipinski definition) is 2. The fourth-order valence-electron chi connectivity index (χ4n) is 1.15. The number of nitrogen functional groups attached to an aromatic ring is 1. The van der Waals surface area contributed by atoms with Crippen LogP contribution in [-0.4, -0.2) is 13.6 Å². The molecule has 14 heavy (non-hydrogen) atoms. The standard InChI is InChI=1S/C11H15FN2/c1-8-6-9(4-3-5-14-2)10(12)7-11(8)13/h3-4,6-7,14H,5,13H2,1-2H3. The molecule has 0 fully saturated rings. The first-order valence-electron chi connectivity index (χ1n) is 4.52. The van der Waals surface area contributed by atoms with E-state index in [-0.39, 0.29) is 5.82 Å². The number of likely N-dealkylation sites (N-methyl/N-ethyl adjacent to an activating group) is 1. The molecule has 0 saturated carbocycles. The minimum atomic E-state index is -0.277. The van der Waals surface area contributed by atoms with Gasteiger partial charge in [-0.25, -0.2) is 4.39 Å². The van der Waals surface area contributed by atoms with Gasteiger partial charge >= 0.3 is 0 Å². The summed E-state index contributed by atoms with van der Waals surface area (Å²) in [5, 5.41) is 2.95. The van der Waals surface area contributed by atoms with Crippen LogP contribution < -0.4 is 11.1 Å². The maximum atomic E-state index is 13.3. The zero-order valence-electron chi connectivity index (χ0n) is 8.47. The van der Waals surface area contributed by atoms with E-state index in [2.05, 4.69) is 5.32 Å². The van der Waals surface area contributed by atoms with Crippen LogP contribution in [-0.2, 0) is 0 Å². The molecular weight excluding hydrogens is 179 g/mol. The van der Waals surface area contributed by atoms with Crippen LogP contribution in [0, 0.1) is 12.7 Å². The van der Waals surface area contributed by atoms with Crippen LogP contribution in [0.4, 0.5) is 10.1 Å². The van der Waals surface area contributed by atoms with E-state index in [0.29, 0.717) is 11.3 Å². The maximum absolute atomic E-state index is 13.3. The minimum Gasteiger partial charge on any atom is -0.398 e. The second-order valence-corrected chi connectivity index (χ2v) is 3.19. The summed E-state index contributed by atoms with van der Waals surface area (Å²) < 4.78 is 13.3. The Morgan fingerprint density at radius 3 is 2.86 bits per heavy atom. The van der Waals surface area contributed by atoms with Gasteiger partial charge in [-0.3, -0.25) is 0 Å². The molecule has 3 heteroatoms. The zero-order valence-corrected chi connectivity index (χ0v) is 8.47. The van der Waals surface area contributed by atoms with E-state index in [1.165, 1.54) is 6.07 Å². The Morgan fingerprint density at radius 1 is 1.50 bits per heavy atom. The van der Waals surface area contributed by atoms with Gasteiger partial charge in [0.2, 0.25) is 0 Å². The lowest BCUT2D eigenvalue weighted by Gasteiger charge is -2.03. The maximum Gasteiger partial charge on any atom is 0.132 e. The molecule has 1 aromatic rings. The third-order valence-corrected chi connectivity index (χ3v) is 2.00. The first-order valence-corrected chi connectivity index (χ1v) is 4.52. The molecule has 0 radical (unpaired) electrons. The normalized spacial score (nSPS) is 11.1. The summed E-state index contributed by atoms with van der Waals surface area (Å²) >= 11 is 0. The van der Waals surface area contributed by atoms with E-state index < -0.39 is 0 Å². The lowest BCUT2D eigenvalue weighted by Crippen LogP contribution is -2.03. The quantitative estimate of drug-likeness (QED) is 0.722. The van der Waals surface area contributed by atoms with Crippen LogP contribution >= 0.6 is 0 Å². The van der Waals surface area contributed by atoms with Crippen molar-refractivity contribution in [1.82, 2.24) is 5.32 Å². The summed E-state index contributed by atoms with van der Waals surface area (Å²) in [4.78, 5) is 0. The summed E-state index contributed by atoms with van der Waals surface area (Å²) in [5.41, 5.74) is 7.54. The van der Waals surface area contributed by atoms with Crippen molar-refractivity contribution in [3.63, 3.8) is 0 Å². The highest BCUT2D eigenvalue weighted by Gasteiger charge is 2.01. The summed E-state index contributed by atoms with van der Waals surface area (Å²) in [5.74, 6) is -0.277. The van der Waals surface area contributed by atoms with E-state index in [9.17, 15) is 4.39 Å². The molecule has 1 rings (SSSR count). The van der Waals surface area contributed by atoms with Gasteiger partial charge in [0, 0.05) is 17.8 Å². The van der Waals surface area contributed by atoms with Crippen molar-refractivity contribution in [3.05, 3.63) is 35.2 Å². The average Bonchev–Trinajstić information content (AvgIpc) is 2.14. The zero-order chi connectivity index (χ0) is 10.6. The molecular formula is C11H15FN2. The van der Waals surface area contributed by atoms with Crippen LogP contribution in [0.5, 0.6) is 0 Å². The number of anilines is 1. The topological polar surface area (TPSA) is 38.0 Å². The fraction of sp³-hybridized carbons (Fsp3) is 0.273. The van der Waals surface area contributed by atoms with Gasteiger partial charge in [0.05, 0.1) is 0 Å². The van der Waals surface area contributed by atoms with E-state index in [4.69, 9.17) is 5.73 Å². The highest BCUT2D eigenvalue weighted by Crippen LogP contribution is 2.17. The number of rotatable bonds is 3. The lowest BCUT2D eigenvalue weighted by molar-refractivity contribution is 0.625. The Hall–Kier alpha value is -1.35. The Bertz CT molecular complexity index is 345. The molecule has 1 aromatic carbocycles. The Kier molecular flexibility index (Phi) is 3.65. The molecule has 0 aromatic heterocycles. The van der Waals surface area contributed by atoms with Crippen LogP contribution in [0.25, 0.3) is 6.08 Å². The third-order valence-electron chi connectivity index (χ3n) is 2.00. The Morgan fingerprint density at radius 2 is 2.21 bits per heavy atom. The molecule has 3 N–H and O–H groups in total. The second kappa shape index (κ2) is 4.77. The monoisotopic (exact) mass is 194 g/mol. The van der Waals surface area contributed by atoms with Crippen LogP contribution in [0.15, 0.2) is 18.2 Å². The minimum absolute atomic E-state index is 0.277. The smallest absolute Gasteiger partial charge is 0.132 e. The molecule has 2 nitrogen and oxygen atoms in total. The van der Waals surface area contributed by atoms with Gasteiger partial charge in [-0.1, -0.05) is 12.2 Å². The van der Waals surface area contributed by atoms with E-state index in [0.717, 1.165) is 12.1 Å². The highest BCUT2D eigenvalue weighted by molar-refractivity contribution is 5.58. The van der Waals surface area contributed by atoms with Gasteiger partial charge in [0.1, 0.15) is 5.82 Å². The summed E-state index contributed by atoms with van der Waals surface area (Å²) in [6.45, 7) is 2.59. The SMILES string of the molecule is CNCC=Cc1cc(C)c(N)cc1F. The van der Waals surface area contributed by atoms with Gasteiger partial charge in [-0.15, -0.1) is 0 Å². The van der Waals surface area contributed by atoms with Crippen LogP contribution in [0.1, 0.15) is 11.1 Å². The first-order chi connectivity index (χ1) is 6.65. The largest absolute Gasteiger partial charge is 0.398 e. The van der Waals surface area contributed by atoms with Crippen molar-refractivity contribution in [1.29, 1.82) is 0 Å². The van der Waals surface area contributed by atoms with Gasteiger partial charge in [0.25, 0.3) is 0 Å². The third kappa shape index (κ3) is 2.57. The highest BCUT2D eigenvalue weighted by atomic mass is 19.1. The molecule has 0 heterocycles. The van der Waals surface area contributed by atoms with Crippen molar-refractivity contribution in [2.24, 2.45) is 0 Å². The number of benzene rings is 1. The van der Waals surface area contributed by atoms with Crippen LogP contribution in [0.3, 0.4) is 0 Å². The number of hydrogen-bond acceptors (Lipinski definition) is 2. The molecule has 0 aliphatic heterocycles. The van der Waals surface area contributed by atoms with Gasteiger partial charge in [-0.2, -0.15) is 0 Å². The second-order valence-electron chi connectivity index (χ2n) is 3.19. The van der Waals surface area contributed by atoms with Crippen molar-refractivity contribution in [2.45, 2.75) is 6.92 Å². The molecule has 0 atom stereocenters. The molecule has 0 bridgehead atoms. The van der Waals surface area contributed by atoms with Gasteiger partial charge in [0.15, 0.2) is 0 Å². The molecule has 0 amide bonds. The van der Waals surface area contributed by atoms with Crippen molar-refractivity contribution in [2.75, 3.05) is 19.3 Å². The molecule has 0 saturated heterocycles. The summed E-state index contributed by atoms with van der Waals surface area (Å²) in [7, 11) is 1.84. The Balaban J connectivity index is 2.92. The predicted molar refractivity (Wildman–Crippen MR) is 58.5 cm³/mol. The lowest BCUT2D eigenvalue weighted by atomic mass is 10.1. The van der Waals surface area contributed by atoms with Gasteiger partial charge < -0.3 is 11.1 Å². The van der Waals surface area contributed by atoms with E-state index >= 15 is 0 Å². The number of nitrogens with one attached hydrogen (secondary N) is 1. The summed E-state index contributed by atoms with van der Waals surface area (Å²) in [6, 6.07) is 3.10. The molecule has 76 valence electrons. The van der Waals surface area contributed by atoms with Crippen molar-refractivity contribution in [3.8, 4) is 0 Å². The molecule has 0 aliphatic rings. The number of nitrogens with two attached hydrogens (primary N) is 1. The van der Waals surface area contributed by atoms with Crippen molar-refractivity contribution >= 4 is 11.8 Å². The van der Waals surface area contributed by atoms with Gasteiger partial charge in [-0.05, 0) is 31.7 Å². The fourth-order valence-corrected chi connectivity index (χ4v) is 1.15. The molecule has 0 aliphatic carbocycles. The summed E-state index contributed by atoms with van der Waals surface area (Å²) in [6.07, 6.45) is 3.62. The van der Waals surface area contributed by atoms with E-state index in [1.807, 2.05) is 20.0 Å². The molecule has 0 unspecified atom stereocenters. The van der Waals surface area contributed by atoms with Crippen molar-refractivity contribution < 1.29 is 4.39 Å². The average molecular weight is 194 g/mol.